The summed E-state index contributed by atoms with van der Waals surface area (Å²) in [6, 6.07) is 0. The third kappa shape index (κ3) is 66.1. The van der Waals surface area contributed by atoms with Crippen molar-refractivity contribution in [2.45, 2.75) is 14.9 Å². The Morgan fingerprint density at radius 2 is 0.571 bits per heavy atom. The fraction of sp³-hybridized carbons (Fsp3) is 0.500. The Kier molecular flexibility index (Phi) is 1660. The van der Waals surface area contributed by atoms with Crippen LogP contribution in [0.2, 0.25) is 0 Å². The molecule has 0 fully saturated rings. The van der Waals surface area contributed by atoms with Crippen LogP contribution in [-0.4, -0.2) is 5.48 Å². The molecular weight excluding hydrogens is 242 g/mol. The van der Waals surface area contributed by atoms with E-state index in [1.807, 2.05) is 0 Å². The number of rotatable bonds is 0. The molecule has 2 radical (unpaired) electrons. The molecule has 0 atom stereocenters. The van der Waals surface area contributed by atoms with Crippen molar-refractivity contribution < 1.29 is 70.9 Å². The fourth-order valence-electron chi connectivity index (χ4n) is 0. The first-order valence-corrected chi connectivity index (χ1v) is 0. The Hall–Kier alpha value is 2.17. The van der Waals surface area contributed by atoms with Crippen molar-refractivity contribution in [3.63, 3.8) is 0 Å². The summed E-state index contributed by atoms with van der Waals surface area (Å²) in [6.45, 7) is 0. The smallest absolute Gasteiger partial charge is 0 e. The van der Waals surface area contributed by atoms with Crippen molar-refractivity contribution in [3.05, 3.63) is 14.9 Å². The molecule has 0 bridgehead atoms. The van der Waals surface area contributed by atoms with Gasteiger partial charge in [0.2, 0.25) is 0 Å². The first kappa shape index (κ1) is 130. The minimum Gasteiger partial charge on any atom is -0.412 e. The molecule has 0 rings (SSSR count). The zero-order chi connectivity index (χ0) is 0. The van der Waals surface area contributed by atoms with Gasteiger partial charge in [0.25, 0.3) is 0 Å². The zero-order valence-corrected chi connectivity index (χ0v) is 9.33. The zero-order valence-electron chi connectivity index (χ0n) is 3.65. The molecule has 0 aliphatic carbocycles. The molecule has 7 heavy (non-hydrogen) atoms. The summed E-state index contributed by atoms with van der Waals surface area (Å²) in [5, 5.41) is 0. The fourth-order valence-corrected chi connectivity index (χ4v) is 0. The summed E-state index contributed by atoms with van der Waals surface area (Å²) in [7, 11) is 0. The average molecular weight is 258 g/mol. The SMILES string of the molecule is C.C.O.[CH3-].[CH3-].[Y].[Y]. The van der Waals surface area contributed by atoms with Crippen LogP contribution < -0.4 is 0 Å². The maximum atomic E-state index is 0. The van der Waals surface area contributed by atoms with E-state index in [1.165, 1.54) is 0 Å². The van der Waals surface area contributed by atoms with Crippen LogP contribution in [-0.2, 0) is 65.4 Å². The largest absolute Gasteiger partial charge is 0.412 e. The van der Waals surface area contributed by atoms with Crippen LogP contribution in [0.15, 0.2) is 0 Å². The van der Waals surface area contributed by atoms with Crippen LogP contribution in [0, 0.1) is 14.9 Å². The third-order valence-electron chi connectivity index (χ3n) is 0. The van der Waals surface area contributed by atoms with Gasteiger partial charge in [-0.25, -0.2) is 0 Å². The van der Waals surface area contributed by atoms with Crippen molar-refractivity contribution >= 4 is 0 Å². The topological polar surface area (TPSA) is 31.5 Å². The molecule has 0 saturated heterocycles. The molecule has 0 spiro atoms. The van der Waals surface area contributed by atoms with Gasteiger partial charge in [-0.3, -0.25) is 0 Å². The molecule has 0 aliphatic heterocycles. The second-order valence-electron chi connectivity index (χ2n) is 0. The Morgan fingerprint density at radius 3 is 0.571 bits per heavy atom. The second kappa shape index (κ2) is 89.3. The third-order valence-corrected chi connectivity index (χ3v) is 0. The molecule has 0 amide bonds. The van der Waals surface area contributed by atoms with E-state index in [9.17, 15) is 0 Å². The van der Waals surface area contributed by atoms with Gasteiger partial charge in [0.1, 0.15) is 0 Å². The van der Waals surface area contributed by atoms with Crippen molar-refractivity contribution in [2.75, 3.05) is 0 Å². The van der Waals surface area contributed by atoms with Gasteiger partial charge in [0.05, 0.1) is 0 Å². The summed E-state index contributed by atoms with van der Waals surface area (Å²) >= 11 is 0. The van der Waals surface area contributed by atoms with E-state index in [1.54, 1.807) is 0 Å². The molecule has 0 aromatic rings. The summed E-state index contributed by atoms with van der Waals surface area (Å²) in [4.78, 5) is 0. The van der Waals surface area contributed by atoms with Crippen LogP contribution in [0.25, 0.3) is 0 Å². The number of hydrogen-bond acceptors (Lipinski definition) is 0. The van der Waals surface area contributed by atoms with Gasteiger partial charge < -0.3 is 20.3 Å². The van der Waals surface area contributed by atoms with Gasteiger partial charge in [0.15, 0.2) is 0 Å². The van der Waals surface area contributed by atoms with Crippen LogP contribution in [0.4, 0.5) is 0 Å². The quantitative estimate of drug-likeness (QED) is 0.587. The van der Waals surface area contributed by atoms with E-state index in [-0.39, 0.29) is 101 Å². The molecule has 0 aromatic heterocycles. The van der Waals surface area contributed by atoms with E-state index >= 15 is 0 Å². The summed E-state index contributed by atoms with van der Waals surface area (Å²) in [5.41, 5.74) is 0. The molecule has 1 nitrogen and oxygen atoms in total. The van der Waals surface area contributed by atoms with Gasteiger partial charge >= 0.3 is 0 Å². The van der Waals surface area contributed by atoms with E-state index in [0.717, 1.165) is 0 Å². The van der Waals surface area contributed by atoms with Crippen molar-refractivity contribution in [1.29, 1.82) is 0 Å². The minimum atomic E-state index is 0. The van der Waals surface area contributed by atoms with Crippen LogP contribution in [0.3, 0.4) is 0 Å². The minimum absolute atomic E-state index is 0. The molecule has 0 aromatic carbocycles. The van der Waals surface area contributed by atoms with Gasteiger partial charge in [-0.2, -0.15) is 0 Å². The van der Waals surface area contributed by atoms with Gasteiger partial charge in [-0.1, -0.05) is 14.9 Å². The van der Waals surface area contributed by atoms with Gasteiger partial charge in [0, 0.05) is 65.4 Å². The van der Waals surface area contributed by atoms with Crippen LogP contribution in [0.1, 0.15) is 14.9 Å². The average Bonchev–Trinajstić information content (AvgIpc) is 0. The van der Waals surface area contributed by atoms with Gasteiger partial charge in [-0.15, -0.1) is 0 Å². The molecule has 0 saturated carbocycles. The molecule has 46 valence electrons. The Labute approximate surface area is 99.1 Å². The Morgan fingerprint density at radius 1 is 0.571 bits per heavy atom. The maximum absolute atomic E-state index is 0. The predicted octanol–water partition coefficient (Wildman–Crippen LogP) is 1.34. The molecule has 2 N–H and O–H groups in total. The van der Waals surface area contributed by atoms with E-state index in [4.69, 9.17) is 0 Å². The Bertz CT molecular complexity index is 9.65. The van der Waals surface area contributed by atoms with E-state index in [2.05, 4.69) is 0 Å². The molecule has 0 aliphatic rings. The number of hydrogen-bond donors (Lipinski definition) is 0. The monoisotopic (exact) mass is 258 g/mol. The summed E-state index contributed by atoms with van der Waals surface area (Å²) in [5.74, 6) is 0. The predicted molar refractivity (Wildman–Crippen MR) is 29.9 cm³/mol. The standard InChI is InChI=1S/2CH4.2CH3.H2O.2Y/h2*1H4;2*1H3;1H2;;/q;;2*-1;;;. The first-order chi connectivity index (χ1) is 0. The second-order valence-corrected chi connectivity index (χ2v) is 0. The molecule has 3 heteroatoms. The van der Waals surface area contributed by atoms with E-state index < -0.39 is 0 Å². The van der Waals surface area contributed by atoms with Crippen molar-refractivity contribution in [3.8, 4) is 0 Å². The molecule has 0 heterocycles. The van der Waals surface area contributed by atoms with Crippen LogP contribution in [0.5, 0.6) is 0 Å². The van der Waals surface area contributed by atoms with E-state index in [0.29, 0.717) is 0 Å². The van der Waals surface area contributed by atoms with Crippen LogP contribution >= 0.6 is 0 Å². The van der Waals surface area contributed by atoms with Crippen molar-refractivity contribution in [2.24, 2.45) is 0 Å². The Balaban J connectivity index is 0. The van der Waals surface area contributed by atoms with Gasteiger partial charge in [-0.05, 0) is 0 Å². The molecule has 0 unspecified atom stereocenters. The van der Waals surface area contributed by atoms with Crippen molar-refractivity contribution in [1.82, 2.24) is 0 Å². The summed E-state index contributed by atoms with van der Waals surface area (Å²) < 4.78 is 0. The summed E-state index contributed by atoms with van der Waals surface area (Å²) in [6.07, 6.45) is 0. The molecular formula is C4H16OY2-2. The first-order valence-electron chi connectivity index (χ1n) is 0. The maximum Gasteiger partial charge on any atom is 0 e. The normalized spacial score (nSPS) is 0.